The third kappa shape index (κ3) is 2.47. The van der Waals surface area contributed by atoms with Gasteiger partial charge >= 0.3 is 0 Å². The van der Waals surface area contributed by atoms with Crippen LogP contribution in [0.2, 0.25) is 0 Å². The predicted molar refractivity (Wildman–Crippen MR) is 96.3 cm³/mol. The standard InChI is InChI=1S/C20H14BrNO/c21-17-6-3-5-14(12-17)20(22-23)15-8-9-19-16(11-15)10-13-4-1-2-7-18(13)19/h1-9,11-12,23H,10H2. The van der Waals surface area contributed by atoms with Crippen LogP contribution >= 0.6 is 15.9 Å². The van der Waals surface area contributed by atoms with E-state index in [1.807, 2.05) is 30.3 Å². The van der Waals surface area contributed by atoms with Crippen LogP contribution in [0.4, 0.5) is 0 Å². The first-order valence-electron chi connectivity index (χ1n) is 7.46. The minimum Gasteiger partial charge on any atom is -0.410 e. The largest absolute Gasteiger partial charge is 0.410 e. The van der Waals surface area contributed by atoms with Crippen LogP contribution in [-0.4, -0.2) is 10.9 Å². The molecule has 112 valence electrons. The summed E-state index contributed by atoms with van der Waals surface area (Å²) in [5, 5.41) is 13.1. The molecule has 0 aliphatic heterocycles. The van der Waals surface area contributed by atoms with Crippen molar-refractivity contribution in [3.05, 3.63) is 93.5 Å². The molecule has 0 amide bonds. The average molecular weight is 364 g/mol. The second-order valence-electron chi connectivity index (χ2n) is 5.66. The highest BCUT2D eigenvalue weighted by Crippen LogP contribution is 2.37. The van der Waals surface area contributed by atoms with Crippen LogP contribution in [0.5, 0.6) is 0 Å². The minimum atomic E-state index is 0.588. The van der Waals surface area contributed by atoms with Crippen molar-refractivity contribution in [3.8, 4) is 11.1 Å². The van der Waals surface area contributed by atoms with Gasteiger partial charge in [0.15, 0.2) is 0 Å². The number of oxime groups is 1. The zero-order valence-electron chi connectivity index (χ0n) is 12.3. The third-order valence-electron chi connectivity index (χ3n) is 4.27. The first kappa shape index (κ1) is 14.2. The first-order valence-corrected chi connectivity index (χ1v) is 8.25. The Hall–Kier alpha value is -2.39. The van der Waals surface area contributed by atoms with E-state index in [0.29, 0.717) is 5.71 Å². The van der Waals surface area contributed by atoms with Gasteiger partial charge in [-0.25, -0.2) is 0 Å². The van der Waals surface area contributed by atoms with Gasteiger partial charge in [0, 0.05) is 15.6 Å². The molecule has 0 atom stereocenters. The van der Waals surface area contributed by atoms with Crippen molar-refractivity contribution >= 4 is 21.6 Å². The lowest BCUT2D eigenvalue weighted by molar-refractivity contribution is 0.319. The maximum Gasteiger partial charge on any atom is 0.117 e. The lowest BCUT2D eigenvalue weighted by Crippen LogP contribution is -2.04. The average Bonchev–Trinajstić information content (AvgIpc) is 2.93. The number of rotatable bonds is 2. The summed E-state index contributed by atoms with van der Waals surface area (Å²) in [6, 6.07) is 22.6. The minimum absolute atomic E-state index is 0.588. The number of hydrogen-bond donors (Lipinski definition) is 1. The van der Waals surface area contributed by atoms with E-state index in [0.717, 1.165) is 22.0 Å². The van der Waals surface area contributed by atoms with E-state index in [-0.39, 0.29) is 0 Å². The van der Waals surface area contributed by atoms with Gasteiger partial charge in [0.05, 0.1) is 0 Å². The molecule has 0 fully saturated rings. The summed E-state index contributed by atoms with van der Waals surface area (Å²) in [7, 11) is 0. The fraction of sp³-hybridized carbons (Fsp3) is 0.0500. The molecule has 0 saturated carbocycles. The summed E-state index contributed by atoms with van der Waals surface area (Å²) in [4.78, 5) is 0. The van der Waals surface area contributed by atoms with E-state index in [1.54, 1.807) is 0 Å². The Labute approximate surface area is 143 Å². The topological polar surface area (TPSA) is 32.6 Å². The Morgan fingerprint density at radius 3 is 2.43 bits per heavy atom. The van der Waals surface area contributed by atoms with E-state index < -0.39 is 0 Å². The van der Waals surface area contributed by atoms with Crippen molar-refractivity contribution in [2.24, 2.45) is 5.16 Å². The van der Waals surface area contributed by atoms with Crippen LogP contribution in [0.3, 0.4) is 0 Å². The van der Waals surface area contributed by atoms with Gasteiger partial charge in [-0.3, -0.25) is 0 Å². The Bertz CT molecular complexity index is 930. The Morgan fingerprint density at radius 2 is 1.61 bits per heavy atom. The Balaban J connectivity index is 1.78. The summed E-state index contributed by atoms with van der Waals surface area (Å²) < 4.78 is 0.963. The van der Waals surface area contributed by atoms with Gasteiger partial charge < -0.3 is 5.21 Å². The van der Waals surface area contributed by atoms with Crippen molar-refractivity contribution in [2.45, 2.75) is 6.42 Å². The zero-order chi connectivity index (χ0) is 15.8. The molecule has 3 aromatic carbocycles. The number of halogens is 1. The molecule has 0 heterocycles. The third-order valence-corrected chi connectivity index (χ3v) is 4.76. The monoisotopic (exact) mass is 363 g/mol. The summed E-state index contributed by atoms with van der Waals surface area (Å²) in [6.07, 6.45) is 0.927. The molecular weight excluding hydrogens is 350 g/mol. The van der Waals surface area contributed by atoms with Gasteiger partial charge in [0.25, 0.3) is 0 Å². The molecule has 3 aromatic rings. The second-order valence-corrected chi connectivity index (χ2v) is 6.58. The number of hydrogen-bond acceptors (Lipinski definition) is 2. The highest BCUT2D eigenvalue weighted by Gasteiger charge is 2.19. The summed E-state index contributed by atoms with van der Waals surface area (Å²) in [6.45, 7) is 0. The van der Waals surface area contributed by atoms with Gasteiger partial charge in [-0.2, -0.15) is 0 Å². The fourth-order valence-corrected chi connectivity index (χ4v) is 3.61. The van der Waals surface area contributed by atoms with Crippen LogP contribution in [0.1, 0.15) is 22.3 Å². The maximum atomic E-state index is 9.52. The molecule has 4 rings (SSSR count). The molecular formula is C20H14BrNO. The molecule has 23 heavy (non-hydrogen) atoms. The molecule has 1 aliphatic rings. The second kappa shape index (κ2) is 5.67. The number of nitrogens with zero attached hydrogens (tertiary/aromatic N) is 1. The van der Waals surface area contributed by atoms with Crippen LogP contribution < -0.4 is 0 Å². The van der Waals surface area contributed by atoms with Gasteiger partial charge in [0.2, 0.25) is 0 Å². The van der Waals surface area contributed by atoms with E-state index in [1.165, 1.54) is 22.3 Å². The molecule has 0 aromatic heterocycles. The van der Waals surface area contributed by atoms with E-state index >= 15 is 0 Å². The van der Waals surface area contributed by atoms with Crippen molar-refractivity contribution in [1.82, 2.24) is 0 Å². The summed E-state index contributed by atoms with van der Waals surface area (Å²) in [5.74, 6) is 0. The molecule has 3 heteroatoms. The lowest BCUT2D eigenvalue weighted by Gasteiger charge is -2.08. The van der Waals surface area contributed by atoms with Crippen LogP contribution in [0.15, 0.2) is 76.4 Å². The molecule has 0 radical (unpaired) electrons. The fourth-order valence-electron chi connectivity index (χ4n) is 3.21. The molecule has 0 saturated heterocycles. The van der Waals surface area contributed by atoms with Crippen molar-refractivity contribution in [3.63, 3.8) is 0 Å². The predicted octanol–water partition coefficient (Wildman–Crippen LogP) is 5.25. The lowest BCUT2D eigenvalue weighted by atomic mass is 9.97. The molecule has 0 unspecified atom stereocenters. The SMILES string of the molecule is ON=C(c1cccc(Br)c1)c1ccc2c(c1)Cc1ccccc1-2. The van der Waals surface area contributed by atoms with Crippen LogP contribution in [0, 0.1) is 0 Å². The molecule has 1 N–H and O–H groups in total. The maximum absolute atomic E-state index is 9.52. The summed E-state index contributed by atoms with van der Waals surface area (Å²) in [5.41, 5.74) is 7.61. The van der Waals surface area contributed by atoms with Crippen molar-refractivity contribution in [1.29, 1.82) is 0 Å². The first-order chi connectivity index (χ1) is 11.3. The smallest absolute Gasteiger partial charge is 0.117 e. The quantitative estimate of drug-likeness (QED) is 0.294. The van der Waals surface area contributed by atoms with Crippen LogP contribution in [0.25, 0.3) is 11.1 Å². The molecule has 2 nitrogen and oxygen atoms in total. The number of fused-ring (bicyclic) bond motifs is 3. The van der Waals surface area contributed by atoms with E-state index in [2.05, 4.69) is 57.5 Å². The van der Waals surface area contributed by atoms with Gasteiger partial charge in [-0.05, 0) is 46.9 Å². The highest BCUT2D eigenvalue weighted by atomic mass is 79.9. The normalized spacial score (nSPS) is 12.8. The van der Waals surface area contributed by atoms with Gasteiger partial charge in [-0.1, -0.05) is 69.6 Å². The Morgan fingerprint density at radius 1 is 0.826 bits per heavy atom. The van der Waals surface area contributed by atoms with Gasteiger partial charge in [0.1, 0.15) is 5.71 Å². The molecule has 1 aliphatic carbocycles. The highest BCUT2D eigenvalue weighted by molar-refractivity contribution is 9.10. The van der Waals surface area contributed by atoms with Crippen molar-refractivity contribution < 1.29 is 5.21 Å². The Kier molecular flexibility index (Phi) is 3.50. The van der Waals surface area contributed by atoms with Gasteiger partial charge in [-0.15, -0.1) is 0 Å². The van der Waals surface area contributed by atoms with Crippen molar-refractivity contribution in [2.75, 3.05) is 0 Å². The van der Waals surface area contributed by atoms with E-state index in [4.69, 9.17) is 0 Å². The van der Waals surface area contributed by atoms with E-state index in [9.17, 15) is 5.21 Å². The molecule has 0 bridgehead atoms. The summed E-state index contributed by atoms with van der Waals surface area (Å²) >= 11 is 3.46. The number of benzene rings is 3. The van der Waals surface area contributed by atoms with Crippen LogP contribution in [-0.2, 0) is 6.42 Å². The molecule has 0 spiro atoms. The zero-order valence-corrected chi connectivity index (χ0v) is 13.9.